The molecule has 1 aliphatic rings. The van der Waals surface area contributed by atoms with Gasteiger partial charge in [-0.05, 0) is 23.4 Å². The number of benzene rings is 1. The van der Waals surface area contributed by atoms with Gasteiger partial charge in [-0.25, -0.2) is 4.98 Å². The Bertz CT molecular complexity index is 559. The van der Waals surface area contributed by atoms with Crippen LogP contribution in [0, 0.1) is 0 Å². The maximum Gasteiger partial charge on any atom is 0.136 e. The molecule has 0 spiro atoms. The van der Waals surface area contributed by atoms with Crippen LogP contribution < -0.4 is 10.2 Å². The van der Waals surface area contributed by atoms with Crippen molar-refractivity contribution in [2.75, 3.05) is 31.1 Å². The van der Waals surface area contributed by atoms with E-state index in [1.54, 1.807) is 0 Å². The summed E-state index contributed by atoms with van der Waals surface area (Å²) in [6, 6.07) is 8.93. The molecular weight excluding hydrogens is 234 g/mol. The molecule has 3 rings (SSSR count). The average Bonchev–Trinajstić information content (AvgIpc) is 2.48. The van der Waals surface area contributed by atoms with Crippen molar-refractivity contribution in [2.24, 2.45) is 0 Å². The van der Waals surface area contributed by atoms with Gasteiger partial charge in [0, 0.05) is 37.8 Å². The summed E-state index contributed by atoms with van der Waals surface area (Å²) in [5.74, 6) is 1.14. The topological polar surface area (TPSA) is 28.2 Å². The third-order valence-corrected chi connectivity index (χ3v) is 3.76. The Balaban J connectivity index is 2.00. The van der Waals surface area contributed by atoms with Crippen LogP contribution in [0.5, 0.6) is 0 Å². The molecule has 0 aliphatic carbocycles. The van der Waals surface area contributed by atoms with Gasteiger partial charge in [-0.2, -0.15) is 0 Å². The largest absolute Gasteiger partial charge is 0.354 e. The third kappa shape index (κ3) is 2.56. The number of rotatable bonds is 3. The van der Waals surface area contributed by atoms with Gasteiger partial charge >= 0.3 is 0 Å². The fraction of sp³-hybridized carbons (Fsp3) is 0.438. The van der Waals surface area contributed by atoms with E-state index in [1.165, 1.54) is 22.8 Å². The number of anilines is 1. The molecule has 0 bridgehead atoms. The van der Waals surface area contributed by atoms with Gasteiger partial charge in [0.2, 0.25) is 0 Å². The number of hydrogen-bond acceptors (Lipinski definition) is 3. The summed E-state index contributed by atoms with van der Waals surface area (Å²) < 4.78 is 0. The van der Waals surface area contributed by atoms with Crippen molar-refractivity contribution in [3.8, 4) is 0 Å². The van der Waals surface area contributed by atoms with E-state index in [0.29, 0.717) is 0 Å². The van der Waals surface area contributed by atoms with E-state index in [1.807, 2.05) is 6.20 Å². The molecule has 0 saturated carbocycles. The van der Waals surface area contributed by atoms with Crippen LogP contribution in [-0.4, -0.2) is 31.2 Å². The zero-order valence-electron chi connectivity index (χ0n) is 11.5. The van der Waals surface area contributed by atoms with Crippen LogP contribution in [-0.2, 0) is 6.42 Å². The summed E-state index contributed by atoms with van der Waals surface area (Å²) in [5.41, 5.74) is 1.42. The minimum atomic E-state index is 1.04. The second-order valence-corrected chi connectivity index (χ2v) is 5.18. The summed E-state index contributed by atoms with van der Waals surface area (Å²) in [7, 11) is 0. The number of pyridine rings is 1. The molecule has 1 aromatic carbocycles. The fourth-order valence-electron chi connectivity index (χ4n) is 2.78. The number of aromatic nitrogens is 1. The summed E-state index contributed by atoms with van der Waals surface area (Å²) in [6.07, 6.45) is 4.29. The standard InChI is InChI=1S/C16H21N3/c1-2-3-13-4-5-15-14(12-13)6-7-18-16(15)19-10-8-17-9-11-19/h4-7,12,17H,2-3,8-11H2,1H3. The lowest BCUT2D eigenvalue weighted by Crippen LogP contribution is -2.43. The Labute approximate surface area is 114 Å². The molecule has 0 atom stereocenters. The molecule has 0 unspecified atom stereocenters. The lowest BCUT2D eigenvalue weighted by atomic mass is 10.0. The first-order valence-electron chi connectivity index (χ1n) is 7.22. The van der Waals surface area contributed by atoms with Gasteiger partial charge in [0.25, 0.3) is 0 Å². The molecule has 3 heteroatoms. The van der Waals surface area contributed by atoms with Gasteiger partial charge < -0.3 is 10.2 Å². The first kappa shape index (κ1) is 12.4. The first-order chi connectivity index (χ1) is 9.38. The van der Waals surface area contributed by atoms with Crippen LogP contribution in [0.2, 0.25) is 0 Å². The monoisotopic (exact) mass is 255 g/mol. The van der Waals surface area contributed by atoms with Crippen LogP contribution in [0.1, 0.15) is 18.9 Å². The lowest BCUT2D eigenvalue weighted by molar-refractivity contribution is 0.586. The maximum absolute atomic E-state index is 4.60. The molecule has 100 valence electrons. The average molecular weight is 255 g/mol. The van der Waals surface area contributed by atoms with Crippen molar-refractivity contribution in [1.82, 2.24) is 10.3 Å². The SMILES string of the molecule is CCCc1ccc2c(N3CCNCC3)nccc2c1. The number of piperazine rings is 1. The molecule has 0 radical (unpaired) electrons. The van der Waals surface area contributed by atoms with Crippen molar-refractivity contribution in [1.29, 1.82) is 0 Å². The second kappa shape index (κ2) is 5.57. The van der Waals surface area contributed by atoms with Gasteiger partial charge in [0.05, 0.1) is 0 Å². The molecule has 1 N–H and O–H groups in total. The predicted octanol–water partition coefficient (Wildman–Crippen LogP) is 2.60. The lowest BCUT2D eigenvalue weighted by Gasteiger charge is -2.29. The smallest absolute Gasteiger partial charge is 0.136 e. The minimum Gasteiger partial charge on any atom is -0.354 e. The van der Waals surface area contributed by atoms with Crippen molar-refractivity contribution in [2.45, 2.75) is 19.8 Å². The first-order valence-corrected chi connectivity index (χ1v) is 7.22. The van der Waals surface area contributed by atoms with E-state index in [9.17, 15) is 0 Å². The Hall–Kier alpha value is -1.61. The van der Waals surface area contributed by atoms with E-state index >= 15 is 0 Å². The highest BCUT2D eigenvalue weighted by Crippen LogP contribution is 2.25. The zero-order valence-corrected chi connectivity index (χ0v) is 11.5. The predicted molar refractivity (Wildman–Crippen MR) is 80.8 cm³/mol. The number of nitrogens with zero attached hydrogens (tertiary/aromatic N) is 2. The molecule has 2 heterocycles. The Kier molecular flexibility index (Phi) is 3.65. The minimum absolute atomic E-state index is 1.04. The molecular formula is C16H21N3. The van der Waals surface area contributed by atoms with Gasteiger partial charge in [-0.3, -0.25) is 0 Å². The van der Waals surface area contributed by atoms with Crippen LogP contribution in [0.15, 0.2) is 30.5 Å². The summed E-state index contributed by atoms with van der Waals surface area (Å²) in [5, 5.41) is 5.98. The highest BCUT2D eigenvalue weighted by molar-refractivity contribution is 5.92. The van der Waals surface area contributed by atoms with Crippen molar-refractivity contribution >= 4 is 16.6 Å². The van der Waals surface area contributed by atoms with E-state index in [0.717, 1.165) is 38.4 Å². The zero-order chi connectivity index (χ0) is 13.1. The van der Waals surface area contributed by atoms with Crippen LogP contribution in [0.25, 0.3) is 10.8 Å². The second-order valence-electron chi connectivity index (χ2n) is 5.18. The quantitative estimate of drug-likeness (QED) is 0.913. The number of aryl methyl sites for hydroxylation is 1. The molecule has 1 fully saturated rings. The van der Waals surface area contributed by atoms with Gasteiger partial charge in [0.1, 0.15) is 5.82 Å². The summed E-state index contributed by atoms with van der Waals surface area (Å²) in [6.45, 7) is 6.41. The molecule has 3 nitrogen and oxygen atoms in total. The summed E-state index contributed by atoms with van der Waals surface area (Å²) in [4.78, 5) is 6.99. The highest BCUT2D eigenvalue weighted by atomic mass is 15.2. The van der Waals surface area contributed by atoms with Gasteiger partial charge in [-0.1, -0.05) is 31.5 Å². The van der Waals surface area contributed by atoms with Crippen LogP contribution in [0.4, 0.5) is 5.82 Å². The Morgan fingerprint density at radius 1 is 1.21 bits per heavy atom. The number of hydrogen-bond donors (Lipinski definition) is 1. The molecule has 19 heavy (non-hydrogen) atoms. The normalized spacial score (nSPS) is 15.9. The summed E-state index contributed by atoms with van der Waals surface area (Å²) >= 11 is 0. The van der Waals surface area contributed by atoms with E-state index in [-0.39, 0.29) is 0 Å². The third-order valence-electron chi connectivity index (χ3n) is 3.76. The number of fused-ring (bicyclic) bond motifs is 1. The number of nitrogens with one attached hydrogen (secondary N) is 1. The van der Waals surface area contributed by atoms with Crippen molar-refractivity contribution in [3.63, 3.8) is 0 Å². The van der Waals surface area contributed by atoms with Gasteiger partial charge in [-0.15, -0.1) is 0 Å². The molecule has 0 amide bonds. The van der Waals surface area contributed by atoms with Crippen LogP contribution in [0.3, 0.4) is 0 Å². The van der Waals surface area contributed by atoms with E-state index in [2.05, 4.69) is 46.4 Å². The van der Waals surface area contributed by atoms with E-state index < -0.39 is 0 Å². The molecule has 1 aliphatic heterocycles. The Morgan fingerprint density at radius 2 is 2.05 bits per heavy atom. The van der Waals surface area contributed by atoms with Gasteiger partial charge in [0.15, 0.2) is 0 Å². The molecule has 1 aromatic heterocycles. The Morgan fingerprint density at radius 3 is 2.84 bits per heavy atom. The fourth-order valence-corrected chi connectivity index (χ4v) is 2.78. The van der Waals surface area contributed by atoms with Crippen molar-refractivity contribution in [3.05, 3.63) is 36.0 Å². The van der Waals surface area contributed by atoms with E-state index in [4.69, 9.17) is 0 Å². The molecule has 1 saturated heterocycles. The molecule has 2 aromatic rings. The van der Waals surface area contributed by atoms with Crippen LogP contribution >= 0.6 is 0 Å². The van der Waals surface area contributed by atoms with Crippen molar-refractivity contribution < 1.29 is 0 Å². The maximum atomic E-state index is 4.60. The highest BCUT2D eigenvalue weighted by Gasteiger charge is 2.14.